The molecular weight excluding hydrogens is 566 g/mol. The van der Waals surface area contributed by atoms with Crippen LogP contribution in [0.2, 0.25) is 0 Å². The molecule has 5 rings (SSSR count). The average molecular weight is 616 g/mol. The van der Waals surface area contributed by atoms with Crippen LogP contribution in [0, 0.1) is 17.8 Å². The first-order valence-electron chi connectivity index (χ1n) is 16.6. The molecular formula is C37H49N3O5. The molecule has 7 atom stereocenters. The molecule has 2 bridgehead atoms. The summed E-state index contributed by atoms with van der Waals surface area (Å²) in [7, 11) is 0. The molecule has 3 fully saturated rings. The minimum Gasteiger partial charge on any atom is -0.394 e. The highest BCUT2D eigenvalue weighted by Gasteiger charge is 2.79. The minimum atomic E-state index is -1.19. The zero-order chi connectivity index (χ0) is 32.5. The second-order valence-electron chi connectivity index (χ2n) is 13.1. The summed E-state index contributed by atoms with van der Waals surface area (Å²) in [6, 6.07) is 12.3. The maximum atomic E-state index is 15.1. The van der Waals surface area contributed by atoms with Gasteiger partial charge in [-0.2, -0.15) is 0 Å². The van der Waals surface area contributed by atoms with Gasteiger partial charge in [-0.05, 0) is 54.5 Å². The van der Waals surface area contributed by atoms with E-state index in [0.717, 1.165) is 17.2 Å². The fourth-order valence-electron chi connectivity index (χ4n) is 8.34. The number of aliphatic hydroxyl groups is 1. The normalized spacial score (nSPS) is 28.2. The highest BCUT2D eigenvalue weighted by Crippen LogP contribution is 2.65. The Morgan fingerprint density at radius 1 is 1.07 bits per heavy atom. The van der Waals surface area contributed by atoms with Gasteiger partial charge in [0.2, 0.25) is 11.8 Å². The molecule has 8 nitrogen and oxygen atoms in total. The number of anilines is 1. The van der Waals surface area contributed by atoms with Crippen molar-refractivity contribution in [3.8, 4) is 0 Å². The summed E-state index contributed by atoms with van der Waals surface area (Å²) in [5.41, 5.74) is -1.33. The van der Waals surface area contributed by atoms with E-state index in [0.29, 0.717) is 44.5 Å². The lowest BCUT2D eigenvalue weighted by Crippen LogP contribution is -2.60. The molecule has 1 N–H and O–H groups in total. The van der Waals surface area contributed by atoms with Crippen molar-refractivity contribution < 1.29 is 24.2 Å². The highest BCUT2D eigenvalue weighted by atomic mass is 16.5. The number of carbonyl (C=O) groups is 3. The molecule has 1 spiro atoms. The largest absolute Gasteiger partial charge is 0.394 e. The van der Waals surface area contributed by atoms with Crippen molar-refractivity contribution in [1.29, 1.82) is 0 Å². The van der Waals surface area contributed by atoms with Gasteiger partial charge in [0.25, 0.3) is 5.91 Å². The smallest absolute Gasteiger partial charge is 0.253 e. The van der Waals surface area contributed by atoms with Crippen LogP contribution < -0.4 is 4.90 Å². The van der Waals surface area contributed by atoms with Crippen LogP contribution in [0.3, 0.4) is 0 Å². The molecule has 3 aliphatic heterocycles. The van der Waals surface area contributed by atoms with Gasteiger partial charge in [0, 0.05) is 25.3 Å². The topological polar surface area (TPSA) is 90.4 Å². The number of fused-ring (bicyclic) bond motifs is 2. The Kier molecular flexibility index (Phi) is 9.57. The number of nitrogens with zero attached hydrogens (tertiary/aromatic N) is 3. The Morgan fingerprint density at radius 2 is 1.78 bits per heavy atom. The molecule has 45 heavy (non-hydrogen) atoms. The molecule has 0 aromatic heterocycles. The minimum absolute atomic E-state index is 0.0816. The van der Waals surface area contributed by atoms with E-state index in [2.05, 4.69) is 13.2 Å². The van der Waals surface area contributed by atoms with Gasteiger partial charge in [0.15, 0.2) is 0 Å². The predicted molar refractivity (Wildman–Crippen MR) is 178 cm³/mol. The second kappa shape index (κ2) is 13.1. The summed E-state index contributed by atoms with van der Waals surface area (Å²) in [4.78, 5) is 49.5. The number of amides is 3. The van der Waals surface area contributed by atoms with E-state index >= 15 is 4.79 Å². The van der Waals surface area contributed by atoms with E-state index in [-0.39, 0.29) is 36.8 Å². The Balaban J connectivity index is 1.66. The van der Waals surface area contributed by atoms with Crippen molar-refractivity contribution in [2.24, 2.45) is 17.8 Å². The fraction of sp³-hybridized carbons (Fsp3) is 0.541. The van der Waals surface area contributed by atoms with Crippen LogP contribution in [0.25, 0.3) is 10.8 Å². The Labute approximate surface area is 267 Å². The van der Waals surface area contributed by atoms with Gasteiger partial charge in [0.1, 0.15) is 11.6 Å². The van der Waals surface area contributed by atoms with Crippen LogP contribution in [0.1, 0.15) is 59.8 Å². The third-order valence-corrected chi connectivity index (χ3v) is 10.7. The summed E-state index contributed by atoms with van der Waals surface area (Å²) in [6.45, 7) is 16.7. The summed E-state index contributed by atoms with van der Waals surface area (Å²) in [5.74, 6) is -2.29. The van der Waals surface area contributed by atoms with Crippen molar-refractivity contribution in [3.05, 3.63) is 67.8 Å². The first-order chi connectivity index (χ1) is 21.7. The number of rotatable bonds is 14. The standard InChI is InChI=1S/C37H49N3O5/c1-7-20-38(21-8-2)33(42)30-31-34(43)40(29(24-41)25(6)10-4)32(37(31)19-18-36(30,11-5)45-37)35(44)39(22-9-3)28-17-16-26-14-12-13-15-27(26)23-28/h7,9,12-17,23,25,29-32,41H,1,3,8,10-11,18-22,24H2,2,4-6H3/t25-,29-,30-,31-,32?,36+,37?/m0/s1. The second-order valence-corrected chi connectivity index (χ2v) is 13.1. The molecule has 2 aromatic rings. The molecule has 0 radical (unpaired) electrons. The van der Waals surface area contributed by atoms with Crippen LogP contribution in [0.15, 0.2) is 67.8 Å². The van der Waals surface area contributed by atoms with Gasteiger partial charge in [-0.25, -0.2) is 0 Å². The summed E-state index contributed by atoms with van der Waals surface area (Å²) in [6.07, 6.45) is 6.51. The number of benzene rings is 2. The van der Waals surface area contributed by atoms with Crippen LogP contribution in [-0.2, 0) is 19.1 Å². The number of likely N-dealkylation sites (tertiary alicyclic amines) is 1. The lowest BCUT2D eigenvalue weighted by molar-refractivity contribution is -0.154. The van der Waals surface area contributed by atoms with E-state index < -0.39 is 35.1 Å². The molecule has 2 unspecified atom stereocenters. The predicted octanol–water partition coefficient (Wildman–Crippen LogP) is 5.35. The van der Waals surface area contributed by atoms with Crippen molar-refractivity contribution >= 4 is 34.2 Å². The van der Waals surface area contributed by atoms with Gasteiger partial charge in [0.05, 0.1) is 30.1 Å². The number of aliphatic hydroxyl groups excluding tert-OH is 1. The highest BCUT2D eigenvalue weighted by molar-refractivity contribution is 6.06. The number of carbonyl (C=O) groups excluding carboxylic acids is 3. The zero-order valence-corrected chi connectivity index (χ0v) is 27.3. The van der Waals surface area contributed by atoms with Gasteiger partial charge in [-0.1, -0.05) is 76.6 Å². The monoisotopic (exact) mass is 615 g/mol. The van der Waals surface area contributed by atoms with Crippen molar-refractivity contribution in [3.63, 3.8) is 0 Å². The Hall–Kier alpha value is -3.49. The lowest BCUT2D eigenvalue weighted by Gasteiger charge is -2.41. The molecule has 2 aromatic carbocycles. The van der Waals surface area contributed by atoms with E-state index in [4.69, 9.17) is 4.74 Å². The quantitative estimate of drug-likeness (QED) is 0.290. The van der Waals surface area contributed by atoms with Crippen LogP contribution in [-0.4, -0.2) is 82.2 Å². The summed E-state index contributed by atoms with van der Waals surface area (Å²) >= 11 is 0. The van der Waals surface area contributed by atoms with E-state index in [1.165, 1.54) is 0 Å². The number of ether oxygens (including phenoxy) is 1. The fourth-order valence-corrected chi connectivity index (χ4v) is 8.34. The van der Waals surface area contributed by atoms with Gasteiger partial charge in [-0.15, -0.1) is 13.2 Å². The summed E-state index contributed by atoms with van der Waals surface area (Å²) < 4.78 is 7.05. The Morgan fingerprint density at radius 3 is 2.40 bits per heavy atom. The first kappa shape index (κ1) is 32.9. The van der Waals surface area contributed by atoms with E-state index in [1.807, 2.05) is 70.2 Å². The molecule has 242 valence electrons. The first-order valence-corrected chi connectivity index (χ1v) is 16.6. The number of hydrogen-bond acceptors (Lipinski definition) is 5. The molecule has 8 heteroatoms. The van der Waals surface area contributed by atoms with E-state index in [1.54, 1.807) is 26.9 Å². The third kappa shape index (κ3) is 5.20. The van der Waals surface area contributed by atoms with Crippen LogP contribution in [0.5, 0.6) is 0 Å². The maximum Gasteiger partial charge on any atom is 0.253 e. The van der Waals surface area contributed by atoms with Gasteiger partial charge < -0.3 is 24.5 Å². The summed E-state index contributed by atoms with van der Waals surface area (Å²) in [5, 5.41) is 12.8. The molecule has 0 saturated carbocycles. The maximum absolute atomic E-state index is 15.1. The van der Waals surface area contributed by atoms with Crippen molar-refractivity contribution in [1.82, 2.24) is 9.80 Å². The molecule has 3 amide bonds. The third-order valence-electron chi connectivity index (χ3n) is 10.7. The SMILES string of the molecule is C=CCN(CCC)C(=O)[C@@H]1[C@H]2C(=O)N([C@@H](CO)[C@@H](C)CC)C(C(=O)N(CC=C)c3ccc4ccccc4c3)C23CC[C@@]1(CC)O3. The molecule has 3 aliphatic rings. The molecule has 3 heterocycles. The molecule has 3 saturated heterocycles. The van der Waals surface area contributed by atoms with Crippen molar-refractivity contribution in [2.75, 3.05) is 31.1 Å². The zero-order valence-electron chi connectivity index (χ0n) is 27.3. The Bertz CT molecular complexity index is 1460. The molecule has 0 aliphatic carbocycles. The van der Waals surface area contributed by atoms with Crippen molar-refractivity contribution in [2.45, 2.75) is 83.1 Å². The van der Waals surface area contributed by atoms with Crippen LogP contribution >= 0.6 is 0 Å². The average Bonchev–Trinajstić information content (AvgIpc) is 3.66. The van der Waals surface area contributed by atoms with E-state index in [9.17, 15) is 14.7 Å². The van der Waals surface area contributed by atoms with Gasteiger partial charge >= 0.3 is 0 Å². The number of hydrogen-bond donors (Lipinski definition) is 1. The van der Waals surface area contributed by atoms with Crippen LogP contribution in [0.4, 0.5) is 5.69 Å². The van der Waals surface area contributed by atoms with Gasteiger partial charge in [-0.3, -0.25) is 14.4 Å². The lowest BCUT2D eigenvalue weighted by atomic mass is 9.64.